The van der Waals surface area contributed by atoms with Crippen molar-refractivity contribution in [3.63, 3.8) is 0 Å². The molecule has 0 saturated heterocycles. The Morgan fingerprint density at radius 2 is 2.11 bits per heavy atom. The van der Waals surface area contributed by atoms with Crippen LogP contribution in [0.15, 0.2) is 23.5 Å². The van der Waals surface area contributed by atoms with E-state index >= 15 is 0 Å². The largest absolute Gasteiger partial charge is 0.409 e. The van der Waals surface area contributed by atoms with Gasteiger partial charge in [0.05, 0.1) is 18.5 Å². The number of hydrogen-bond donors (Lipinski definition) is 3. The number of anilines is 1. The zero-order valence-corrected chi connectivity index (χ0v) is 9.80. The second kappa shape index (κ2) is 6.23. The fourth-order valence-electron chi connectivity index (χ4n) is 1.41. The highest BCUT2D eigenvalue weighted by Crippen LogP contribution is 2.21. The summed E-state index contributed by atoms with van der Waals surface area (Å²) in [5.74, 6) is -0.240. The first-order valence-corrected chi connectivity index (χ1v) is 5.24. The van der Waals surface area contributed by atoms with Crippen molar-refractivity contribution in [2.24, 2.45) is 10.9 Å². The molecule has 0 aliphatic rings. The maximum atomic E-state index is 12.4. The van der Waals surface area contributed by atoms with Gasteiger partial charge >= 0.3 is 6.18 Å². The molecule has 9 heteroatoms. The van der Waals surface area contributed by atoms with Gasteiger partial charge in [-0.3, -0.25) is 4.98 Å². The number of nitrogens with two attached hydrogens (primary N) is 1. The standard InChI is InChI=1S/C10H13F3N4O2/c11-10(12,13)6-17(3-4-18)7-1-2-8(15-5-7)9(14)16-19/h1-2,5,18-19H,3-4,6H2,(H2,14,16). The number of hydrogen-bond acceptors (Lipinski definition) is 5. The number of pyridine rings is 1. The van der Waals surface area contributed by atoms with Crippen molar-refractivity contribution in [1.29, 1.82) is 0 Å². The average Bonchev–Trinajstić information content (AvgIpc) is 2.36. The van der Waals surface area contributed by atoms with Crippen molar-refractivity contribution in [3.8, 4) is 0 Å². The van der Waals surface area contributed by atoms with Crippen LogP contribution >= 0.6 is 0 Å². The summed E-state index contributed by atoms with van der Waals surface area (Å²) in [6, 6.07) is 2.67. The molecule has 0 fully saturated rings. The van der Waals surface area contributed by atoms with Crippen molar-refractivity contribution in [2.75, 3.05) is 24.6 Å². The van der Waals surface area contributed by atoms with Crippen LogP contribution in [0.1, 0.15) is 5.69 Å². The highest BCUT2D eigenvalue weighted by atomic mass is 19.4. The van der Waals surface area contributed by atoms with Gasteiger partial charge in [-0.25, -0.2) is 0 Å². The molecule has 0 radical (unpaired) electrons. The van der Waals surface area contributed by atoms with Gasteiger partial charge in [0.25, 0.3) is 0 Å². The lowest BCUT2D eigenvalue weighted by molar-refractivity contribution is -0.119. The molecular formula is C10H13F3N4O2. The van der Waals surface area contributed by atoms with Gasteiger partial charge in [-0.2, -0.15) is 13.2 Å². The van der Waals surface area contributed by atoms with E-state index in [0.29, 0.717) is 0 Å². The Bertz CT molecular complexity index is 433. The smallest absolute Gasteiger partial charge is 0.405 e. The van der Waals surface area contributed by atoms with Crippen molar-refractivity contribution in [3.05, 3.63) is 24.0 Å². The lowest BCUT2D eigenvalue weighted by Crippen LogP contribution is -2.36. The molecule has 0 amide bonds. The van der Waals surface area contributed by atoms with Crippen molar-refractivity contribution in [1.82, 2.24) is 4.98 Å². The lowest BCUT2D eigenvalue weighted by Gasteiger charge is -2.24. The summed E-state index contributed by atoms with van der Waals surface area (Å²) >= 11 is 0. The maximum absolute atomic E-state index is 12.4. The van der Waals surface area contributed by atoms with E-state index < -0.39 is 19.3 Å². The lowest BCUT2D eigenvalue weighted by atomic mass is 10.3. The predicted molar refractivity (Wildman–Crippen MR) is 62.1 cm³/mol. The van der Waals surface area contributed by atoms with Crippen molar-refractivity contribution in [2.45, 2.75) is 6.18 Å². The van der Waals surface area contributed by atoms with Gasteiger partial charge < -0.3 is 20.9 Å². The number of halogens is 3. The van der Waals surface area contributed by atoms with E-state index in [-0.39, 0.29) is 23.8 Å². The molecule has 4 N–H and O–H groups in total. The zero-order valence-electron chi connectivity index (χ0n) is 9.80. The van der Waals surface area contributed by atoms with E-state index in [1.807, 2.05) is 0 Å². The van der Waals surface area contributed by atoms with Crippen molar-refractivity contribution < 1.29 is 23.5 Å². The van der Waals surface area contributed by atoms with Gasteiger partial charge in [-0.15, -0.1) is 0 Å². The number of nitrogens with zero attached hydrogens (tertiary/aromatic N) is 3. The van der Waals surface area contributed by atoms with E-state index in [2.05, 4.69) is 10.1 Å². The highest BCUT2D eigenvalue weighted by molar-refractivity contribution is 5.95. The van der Waals surface area contributed by atoms with E-state index in [4.69, 9.17) is 16.0 Å². The van der Waals surface area contributed by atoms with Crippen LogP contribution in [0, 0.1) is 0 Å². The van der Waals surface area contributed by atoms with Crippen LogP contribution < -0.4 is 10.6 Å². The third kappa shape index (κ3) is 4.62. The second-order valence-electron chi connectivity index (χ2n) is 3.65. The Balaban J connectivity index is 2.91. The summed E-state index contributed by atoms with van der Waals surface area (Å²) in [7, 11) is 0. The molecule has 1 aromatic rings. The van der Waals surface area contributed by atoms with E-state index in [1.165, 1.54) is 12.1 Å². The van der Waals surface area contributed by atoms with Crippen LogP contribution in [-0.4, -0.2) is 47.0 Å². The van der Waals surface area contributed by atoms with Gasteiger partial charge in [0.2, 0.25) is 0 Å². The van der Waals surface area contributed by atoms with Crippen LogP contribution in [0.2, 0.25) is 0 Å². The molecule has 0 aliphatic heterocycles. The van der Waals surface area contributed by atoms with Crippen molar-refractivity contribution >= 4 is 11.5 Å². The molecule has 0 unspecified atom stereocenters. The molecule has 0 saturated carbocycles. The first kappa shape index (κ1) is 15.0. The summed E-state index contributed by atoms with van der Waals surface area (Å²) in [5.41, 5.74) is 5.61. The van der Waals surface area contributed by atoms with Crippen LogP contribution in [-0.2, 0) is 0 Å². The normalized spacial score (nSPS) is 12.5. The number of amidine groups is 1. The minimum Gasteiger partial charge on any atom is -0.409 e. The summed E-state index contributed by atoms with van der Waals surface area (Å²) in [6.07, 6.45) is -3.23. The Labute approximate surface area is 107 Å². The van der Waals surface area contributed by atoms with Gasteiger partial charge in [0.1, 0.15) is 12.2 Å². The quantitative estimate of drug-likeness (QED) is 0.316. The minimum atomic E-state index is -4.39. The van der Waals surface area contributed by atoms with E-state index in [0.717, 1.165) is 11.1 Å². The number of aliphatic hydroxyl groups excluding tert-OH is 1. The topological polar surface area (TPSA) is 95.0 Å². The maximum Gasteiger partial charge on any atom is 0.405 e. The summed E-state index contributed by atoms with van der Waals surface area (Å²) < 4.78 is 37.1. The van der Waals surface area contributed by atoms with Gasteiger partial charge in [0, 0.05) is 6.54 Å². The highest BCUT2D eigenvalue weighted by Gasteiger charge is 2.30. The van der Waals surface area contributed by atoms with E-state index in [1.54, 1.807) is 0 Å². The number of alkyl halides is 3. The molecule has 19 heavy (non-hydrogen) atoms. The molecular weight excluding hydrogens is 265 g/mol. The zero-order chi connectivity index (χ0) is 14.5. The molecule has 0 aromatic carbocycles. The summed E-state index contributed by atoms with van der Waals surface area (Å²) in [5, 5.41) is 19.9. The van der Waals surface area contributed by atoms with E-state index in [9.17, 15) is 13.2 Å². The first-order valence-electron chi connectivity index (χ1n) is 5.24. The Hall–Kier alpha value is -2.03. The Kier molecular flexibility index (Phi) is 4.93. The number of aromatic nitrogens is 1. The Morgan fingerprint density at radius 3 is 2.53 bits per heavy atom. The predicted octanol–water partition coefficient (Wildman–Crippen LogP) is 0.537. The molecule has 0 atom stereocenters. The third-order valence-corrected chi connectivity index (χ3v) is 2.22. The third-order valence-electron chi connectivity index (χ3n) is 2.22. The molecule has 106 valence electrons. The number of aliphatic hydroxyl groups is 1. The fraction of sp³-hybridized carbons (Fsp3) is 0.400. The number of oxime groups is 1. The average molecular weight is 278 g/mol. The van der Waals surface area contributed by atoms with Crippen LogP contribution in [0.3, 0.4) is 0 Å². The molecule has 6 nitrogen and oxygen atoms in total. The van der Waals surface area contributed by atoms with Crippen LogP contribution in [0.25, 0.3) is 0 Å². The fourth-order valence-corrected chi connectivity index (χ4v) is 1.41. The SMILES string of the molecule is N/C(=N/O)c1ccc(N(CCO)CC(F)(F)F)cn1. The summed E-state index contributed by atoms with van der Waals surface area (Å²) in [6.45, 7) is -1.79. The second-order valence-corrected chi connectivity index (χ2v) is 3.65. The molecule has 0 spiro atoms. The summed E-state index contributed by atoms with van der Waals surface area (Å²) in [4.78, 5) is 4.71. The van der Waals surface area contributed by atoms with Crippen LogP contribution in [0.5, 0.6) is 0 Å². The van der Waals surface area contributed by atoms with Gasteiger partial charge in [-0.05, 0) is 12.1 Å². The van der Waals surface area contributed by atoms with Gasteiger partial charge in [0.15, 0.2) is 5.84 Å². The Morgan fingerprint density at radius 1 is 1.42 bits per heavy atom. The molecule has 1 aromatic heterocycles. The minimum absolute atomic E-state index is 0.141. The van der Waals surface area contributed by atoms with Crippen LogP contribution in [0.4, 0.5) is 18.9 Å². The molecule has 1 rings (SSSR count). The monoisotopic (exact) mass is 278 g/mol. The molecule has 0 bridgehead atoms. The first-order chi connectivity index (χ1) is 8.87. The molecule has 1 heterocycles. The number of rotatable bonds is 5. The molecule has 0 aliphatic carbocycles. The van der Waals surface area contributed by atoms with Gasteiger partial charge in [-0.1, -0.05) is 5.16 Å².